The van der Waals surface area contributed by atoms with Crippen LogP contribution < -0.4 is 15.0 Å². The summed E-state index contributed by atoms with van der Waals surface area (Å²) in [6, 6.07) is 8.74. The Morgan fingerprint density at radius 3 is 2.50 bits per heavy atom. The molecule has 0 bridgehead atoms. The molecule has 9 nitrogen and oxygen atoms in total. The number of aliphatic carboxylic acids is 1. The topological polar surface area (TPSA) is 115 Å². The number of aromatic hydroxyl groups is 1. The van der Waals surface area contributed by atoms with Crippen LogP contribution >= 0.6 is 11.6 Å². The van der Waals surface area contributed by atoms with E-state index < -0.39 is 18.4 Å². The van der Waals surface area contributed by atoms with Crippen LogP contribution in [-0.2, 0) is 4.79 Å². The Hall–Kier alpha value is -3.04. The Balaban J connectivity index is 1.46. The number of hydrogen-bond acceptors (Lipinski definition) is 7. The Labute approximate surface area is 178 Å². The quantitative estimate of drug-likeness (QED) is 0.572. The number of hydrogen-bond donors (Lipinski definition) is 3. The van der Waals surface area contributed by atoms with E-state index in [2.05, 4.69) is 20.1 Å². The number of rotatable bonds is 8. The van der Waals surface area contributed by atoms with E-state index in [1.165, 1.54) is 12.3 Å². The molecule has 1 amide bonds. The van der Waals surface area contributed by atoms with Crippen LogP contribution in [0.2, 0.25) is 5.02 Å². The maximum absolute atomic E-state index is 11.9. The Kier molecular flexibility index (Phi) is 7.31. The lowest BCUT2D eigenvalue weighted by atomic mass is 10.2. The highest BCUT2D eigenvalue weighted by atomic mass is 35.5. The van der Waals surface area contributed by atoms with Crippen LogP contribution in [0.4, 0.5) is 5.69 Å². The number of halogens is 1. The van der Waals surface area contributed by atoms with E-state index in [1.807, 2.05) is 12.1 Å². The van der Waals surface area contributed by atoms with Crippen LogP contribution in [0.25, 0.3) is 0 Å². The maximum Gasteiger partial charge on any atom is 0.322 e. The van der Waals surface area contributed by atoms with Gasteiger partial charge >= 0.3 is 5.97 Å². The van der Waals surface area contributed by atoms with Crippen molar-refractivity contribution in [3.63, 3.8) is 0 Å². The number of carbonyl (C=O) groups is 2. The number of anilines is 1. The summed E-state index contributed by atoms with van der Waals surface area (Å²) in [5, 5.41) is 21.6. The van der Waals surface area contributed by atoms with Gasteiger partial charge < -0.3 is 25.2 Å². The van der Waals surface area contributed by atoms with Crippen LogP contribution in [0.15, 0.2) is 36.5 Å². The number of benzene rings is 1. The minimum atomic E-state index is -1.17. The fraction of sp³-hybridized carbons (Fsp3) is 0.350. The zero-order valence-electron chi connectivity index (χ0n) is 16.3. The average Bonchev–Trinajstić information content (AvgIpc) is 2.74. The number of amides is 1. The molecule has 10 heteroatoms. The van der Waals surface area contributed by atoms with Crippen molar-refractivity contribution in [1.29, 1.82) is 0 Å². The highest BCUT2D eigenvalue weighted by molar-refractivity contribution is 6.30. The first-order valence-electron chi connectivity index (χ1n) is 9.47. The summed E-state index contributed by atoms with van der Waals surface area (Å²) >= 11 is 5.86. The molecule has 2 aromatic rings. The monoisotopic (exact) mass is 434 g/mol. The molecule has 1 fully saturated rings. The van der Waals surface area contributed by atoms with Gasteiger partial charge in [-0.2, -0.15) is 0 Å². The van der Waals surface area contributed by atoms with Gasteiger partial charge in [-0.3, -0.25) is 14.5 Å². The molecule has 30 heavy (non-hydrogen) atoms. The molecule has 0 radical (unpaired) electrons. The van der Waals surface area contributed by atoms with E-state index in [1.54, 1.807) is 12.1 Å². The Bertz CT molecular complexity index is 885. The van der Waals surface area contributed by atoms with Crippen molar-refractivity contribution in [2.24, 2.45) is 0 Å². The largest absolute Gasteiger partial charge is 0.505 e. The van der Waals surface area contributed by atoms with Crippen LogP contribution in [-0.4, -0.2) is 77.8 Å². The number of nitrogens with zero attached hydrogens (tertiary/aromatic N) is 3. The van der Waals surface area contributed by atoms with E-state index in [4.69, 9.17) is 21.4 Å². The smallest absolute Gasteiger partial charge is 0.322 e. The van der Waals surface area contributed by atoms with Gasteiger partial charge in [-0.1, -0.05) is 11.6 Å². The van der Waals surface area contributed by atoms with Crippen molar-refractivity contribution in [3.8, 4) is 11.5 Å². The normalized spacial score (nSPS) is 14.4. The molecular weight excluding hydrogens is 412 g/mol. The molecule has 0 aliphatic carbocycles. The lowest BCUT2D eigenvalue weighted by molar-refractivity contribution is -0.135. The predicted octanol–water partition coefficient (Wildman–Crippen LogP) is 1.46. The van der Waals surface area contributed by atoms with Crippen LogP contribution in [0, 0.1) is 0 Å². The molecule has 0 spiro atoms. The van der Waals surface area contributed by atoms with Gasteiger partial charge in [-0.15, -0.1) is 0 Å². The Morgan fingerprint density at radius 1 is 1.17 bits per heavy atom. The second-order valence-corrected chi connectivity index (χ2v) is 7.21. The SMILES string of the molecule is O=C(O)CNC(=O)c1ncc(N2CCN(CCOc3ccc(Cl)cc3)CC2)cc1O. The van der Waals surface area contributed by atoms with Gasteiger partial charge in [-0.25, -0.2) is 4.98 Å². The fourth-order valence-electron chi connectivity index (χ4n) is 3.08. The van der Waals surface area contributed by atoms with Crippen molar-refractivity contribution < 1.29 is 24.5 Å². The summed E-state index contributed by atoms with van der Waals surface area (Å²) in [6.07, 6.45) is 1.51. The summed E-state index contributed by atoms with van der Waals surface area (Å²) in [4.78, 5) is 30.8. The van der Waals surface area contributed by atoms with E-state index in [-0.39, 0.29) is 11.4 Å². The van der Waals surface area contributed by atoms with Crippen LogP contribution in [0.1, 0.15) is 10.5 Å². The number of carboxylic acids is 1. The number of carboxylic acid groups (broad SMARTS) is 1. The second-order valence-electron chi connectivity index (χ2n) is 6.77. The second kappa shape index (κ2) is 10.1. The zero-order chi connectivity index (χ0) is 21.5. The van der Waals surface area contributed by atoms with Gasteiger partial charge in [0.05, 0.1) is 11.9 Å². The summed E-state index contributed by atoms with van der Waals surface area (Å²) < 4.78 is 5.73. The van der Waals surface area contributed by atoms with Crippen molar-refractivity contribution in [1.82, 2.24) is 15.2 Å². The molecule has 0 atom stereocenters. The van der Waals surface area contributed by atoms with Gasteiger partial charge in [0, 0.05) is 43.8 Å². The summed E-state index contributed by atoms with van der Waals surface area (Å²) in [7, 11) is 0. The van der Waals surface area contributed by atoms with Gasteiger partial charge in [0.25, 0.3) is 5.91 Å². The number of carbonyl (C=O) groups excluding carboxylic acids is 1. The number of ether oxygens (including phenoxy) is 1. The molecular formula is C20H23ClN4O5. The highest BCUT2D eigenvalue weighted by Crippen LogP contribution is 2.23. The van der Waals surface area contributed by atoms with Crippen LogP contribution in [0.5, 0.6) is 11.5 Å². The average molecular weight is 435 g/mol. The Morgan fingerprint density at radius 2 is 1.87 bits per heavy atom. The van der Waals surface area contributed by atoms with Gasteiger partial charge in [-0.05, 0) is 24.3 Å². The summed E-state index contributed by atoms with van der Waals surface area (Å²) in [5.74, 6) is -1.40. The number of piperazine rings is 1. The molecule has 1 aromatic heterocycles. The number of nitrogens with one attached hydrogen (secondary N) is 1. The predicted molar refractivity (Wildman–Crippen MR) is 111 cm³/mol. The fourth-order valence-corrected chi connectivity index (χ4v) is 3.21. The van der Waals surface area contributed by atoms with E-state index >= 15 is 0 Å². The van der Waals surface area contributed by atoms with E-state index in [0.29, 0.717) is 17.3 Å². The van der Waals surface area contributed by atoms with E-state index in [9.17, 15) is 14.7 Å². The molecule has 0 saturated carbocycles. The van der Waals surface area contributed by atoms with Crippen molar-refractivity contribution in [3.05, 3.63) is 47.2 Å². The zero-order valence-corrected chi connectivity index (χ0v) is 17.0. The van der Waals surface area contributed by atoms with E-state index in [0.717, 1.165) is 38.5 Å². The maximum atomic E-state index is 11.9. The lowest BCUT2D eigenvalue weighted by Gasteiger charge is -2.35. The summed E-state index contributed by atoms with van der Waals surface area (Å²) in [6.45, 7) is 3.97. The van der Waals surface area contributed by atoms with Gasteiger partial charge in [0.1, 0.15) is 24.7 Å². The third-order valence-electron chi connectivity index (χ3n) is 4.70. The molecule has 3 N–H and O–H groups in total. The first kappa shape index (κ1) is 21.7. The lowest BCUT2D eigenvalue weighted by Crippen LogP contribution is -2.47. The summed E-state index contributed by atoms with van der Waals surface area (Å²) in [5.41, 5.74) is 0.511. The first-order chi connectivity index (χ1) is 14.4. The number of aromatic nitrogens is 1. The third kappa shape index (κ3) is 5.98. The number of pyridine rings is 1. The first-order valence-corrected chi connectivity index (χ1v) is 9.85. The third-order valence-corrected chi connectivity index (χ3v) is 4.95. The molecule has 2 heterocycles. The van der Waals surface area contributed by atoms with Gasteiger partial charge in [0.15, 0.2) is 5.69 Å². The van der Waals surface area contributed by atoms with Crippen LogP contribution in [0.3, 0.4) is 0 Å². The molecule has 1 aromatic carbocycles. The molecule has 3 rings (SSSR count). The van der Waals surface area contributed by atoms with Crippen molar-refractivity contribution >= 4 is 29.2 Å². The van der Waals surface area contributed by atoms with Crippen molar-refractivity contribution in [2.45, 2.75) is 0 Å². The minimum Gasteiger partial charge on any atom is -0.505 e. The van der Waals surface area contributed by atoms with Gasteiger partial charge in [0.2, 0.25) is 0 Å². The molecule has 1 aliphatic heterocycles. The molecule has 1 saturated heterocycles. The molecule has 160 valence electrons. The van der Waals surface area contributed by atoms with Crippen molar-refractivity contribution in [2.75, 3.05) is 50.8 Å². The highest BCUT2D eigenvalue weighted by Gasteiger charge is 2.20. The molecule has 1 aliphatic rings. The molecule has 0 unspecified atom stereocenters. The standard InChI is InChI=1S/C20H23ClN4O5/c21-14-1-3-16(4-2-14)30-10-9-24-5-7-25(8-6-24)15-11-17(26)19(22-12-15)20(29)23-13-18(27)28/h1-4,11-12,26H,5-10,13H2,(H,23,29)(H,27,28). The minimum absolute atomic E-state index is 0.196.